The number of carbonyl (C=O) groups excluding carboxylic acids is 2. The van der Waals surface area contributed by atoms with Crippen molar-refractivity contribution in [3.63, 3.8) is 0 Å². The second-order valence-corrected chi connectivity index (χ2v) is 8.19. The van der Waals surface area contributed by atoms with Gasteiger partial charge in [0.15, 0.2) is 0 Å². The lowest BCUT2D eigenvalue weighted by atomic mass is 9.78. The van der Waals surface area contributed by atoms with E-state index in [2.05, 4.69) is 35.7 Å². The molecule has 1 heterocycles. The molecule has 1 N–H and O–H groups in total. The fourth-order valence-corrected chi connectivity index (χ4v) is 4.82. The van der Waals surface area contributed by atoms with Crippen LogP contribution >= 0.6 is 11.8 Å². The summed E-state index contributed by atoms with van der Waals surface area (Å²) in [5.74, 6) is -2.33. The Kier molecular flexibility index (Phi) is 6.06. The predicted molar refractivity (Wildman–Crippen MR) is 121 cm³/mol. The summed E-state index contributed by atoms with van der Waals surface area (Å²) in [7, 11) is 1.25. The third-order valence-electron chi connectivity index (χ3n) is 5.34. The van der Waals surface area contributed by atoms with E-state index < -0.39 is 23.7 Å². The van der Waals surface area contributed by atoms with Crippen LogP contribution in [0.15, 0.2) is 83.4 Å². The van der Waals surface area contributed by atoms with Gasteiger partial charge in [0, 0.05) is 11.7 Å². The van der Waals surface area contributed by atoms with Gasteiger partial charge < -0.3 is 10.1 Å². The SMILES string of the molecule is COC(=O)[C@H]1C(=O)NC(SCc2ccc3ccccc3c2)=C(C#N)[C@@H]1c1ccccc1. The van der Waals surface area contributed by atoms with Gasteiger partial charge in [0.2, 0.25) is 5.91 Å². The monoisotopic (exact) mass is 428 g/mol. The summed E-state index contributed by atoms with van der Waals surface area (Å²) in [5.41, 5.74) is 2.18. The van der Waals surface area contributed by atoms with E-state index in [4.69, 9.17) is 4.74 Å². The van der Waals surface area contributed by atoms with Crippen molar-refractivity contribution >= 4 is 34.4 Å². The summed E-state index contributed by atoms with van der Waals surface area (Å²) >= 11 is 1.39. The van der Waals surface area contributed by atoms with E-state index >= 15 is 0 Å². The highest BCUT2D eigenvalue weighted by atomic mass is 32.2. The first-order valence-corrected chi connectivity index (χ1v) is 10.8. The molecular weight excluding hydrogens is 408 g/mol. The van der Waals surface area contributed by atoms with Crippen molar-refractivity contribution in [2.75, 3.05) is 7.11 Å². The molecule has 1 aliphatic heterocycles. The second-order valence-electron chi connectivity index (χ2n) is 7.20. The third-order valence-corrected chi connectivity index (χ3v) is 6.43. The average molecular weight is 429 g/mol. The minimum absolute atomic E-state index is 0.368. The number of benzene rings is 3. The van der Waals surface area contributed by atoms with Crippen molar-refractivity contribution in [1.29, 1.82) is 5.26 Å². The summed E-state index contributed by atoms with van der Waals surface area (Å²) < 4.78 is 4.87. The molecule has 1 amide bonds. The smallest absolute Gasteiger partial charge is 0.319 e. The summed E-state index contributed by atoms with van der Waals surface area (Å²) in [5, 5.41) is 15.5. The maximum absolute atomic E-state index is 12.9. The number of nitrogens with zero attached hydrogens (tertiary/aromatic N) is 1. The summed E-state index contributed by atoms with van der Waals surface area (Å²) in [6.07, 6.45) is 0. The van der Waals surface area contributed by atoms with E-state index in [1.807, 2.05) is 48.5 Å². The van der Waals surface area contributed by atoms with Crippen LogP contribution in [0.2, 0.25) is 0 Å². The summed E-state index contributed by atoms with van der Waals surface area (Å²) in [4.78, 5) is 25.3. The Morgan fingerprint density at radius 1 is 1.06 bits per heavy atom. The summed E-state index contributed by atoms with van der Waals surface area (Å²) in [6.45, 7) is 0. The molecule has 0 spiro atoms. The number of thioether (sulfide) groups is 1. The Balaban J connectivity index is 1.69. The number of hydrogen-bond donors (Lipinski definition) is 1. The van der Waals surface area contributed by atoms with E-state index in [1.165, 1.54) is 18.9 Å². The first kappa shape index (κ1) is 20.7. The van der Waals surface area contributed by atoms with Crippen molar-refractivity contribution in [3.8, 4) is 6.07 Å². The maximum Gasteiger partial charge on any atom is 0.319 e. The Hall–Kier alpha value is -3.56. The van der Waals surface area contributed by atoms with Crippen LogP contribution in [0.25, 0.3) is 10.8 Å². The number of nitrogens with one attached hydrogen (secondary N) is 1. The number of hydrogen-bond acceptors (Lipinski definition) is 5. The Morgan fingerprint density at radius 3 is 2.48 bits per heavy atom. The van der Waals surface area contributed by atoms with Crippen LogP contribution in [0.5, 0.6) is 0 Å². The number of amides is 1. The molecule has 6 heteroatoms. The number of methoxy groups -OCH3 is 1. The molecule has 31 heavy (non-hydrogen) atoms. The zero-order valence-electron chi connectivity index (χ0n) is 16.9. The van der Waals surface area contributed by atoms with Crippen molar-refractivity contribution in [2.45, 2.75) is 11.7 Å². The van der Waals surface area contributed by atoms with Crippen molar-refractivity contribution in [3.05, 3.63) is 94.5 Å². The molecule has 1 aliphatic rings. The molecule has 5 nitrogen and oxygen atoms in total. The van der Waals surface area contributed by atoms with E-state index in [1.54, 1.807) is 0 Å². The number of rotatable bonds is 5. The highest BCUT2D eigenvalue weighted by Gasteiger charge is 2.44. The first-order valence-electron chi connectivity index (χ1n) is 9.80. The van der Waals surface area contributed by atoms with Gasteiger partial charge in [0.05, 0.1) is 23.8 Å². The molecule has 0 radical (unpaired) electrons. The van der Waals surface area contributed by atoms with Crippen molar-refractivity contribution < 1.29 is 14.3 Å². The molecule has 0 saturated carbocycles. The summed E-state index contributed by atoms with van der Waals surface area (Å²) in [6, 6.07) is 25.7. The normalized spacial score (nSPS) is 18.4. The molecule has 4 rings (SSSR count). The van der Waals surface area contributed by atoms with Crippen LogP contribution in [0.4, 0.5) is 0 Å². The van der Waals surface area contributed by atoms with Gasteiger partial charge in [-0.15, -0.1) is 11.8 Å². The van der Waals surface area contributed by atoms with E-state index in [9.17, 15) is 14.9 Å². The number of allylic oxidation sites excluding steroid dienone is 1. The quantitative estimate of drug-likeness (QED) is 0.478. The molecular formula is C25H20N2O3S. The maximum atomic E-state index is 12.9. The molecule has 0 aromatic heterocycles. The third kappa shape index (κ3) is 4.18. The number of carbonyl (C=O) groups is 2. The number of ether oxygens (including phenoxy) is 1. The standard InChI is InChI=1S/C25H20N2O3S/c1-30-25(29)22-21(18-8-3-2-4-9-18)20(14-26)24(27-23(22)28)31-15-16-11-12-17-7-5-6-10-19(17)13-16/h2-13,21-22H,15H2,1H3,(H,27,28)/t21-,22+/m0/s1. The van der Waals surface area contributed by atoms with Gasteiger partial charge in [-0.2, -0.15) is 5.26 Å². The van der Waals surface area contributed by atoms with E-state index in [0.717, 1.165) is 21.9 Å². The Morgan fingerprint density at radius 2 is 1.77 bits per heavy atom. The molecule has 3 aromatic rings. The molecule has 0 bridgehead atoms. The molecule has 0 aliphatic carbocycles. The minimum Gasteiger partial charge on any atom is -0.468 e. The Bertz CT molecular complexity index is 1210. The molecule has 0 fully saturated rings. The van der Waals surface area contributed by atoms with Crippen LogP contribution in [0.1, 0.15) is 17.0 Å². The second kappa shape index (κ2) is 9.07. The van der Waals surface area contributed by atoms with Crippen LogP contribution in [-0.4, -0.2) is 19.0 Å². The van der Waals surface area contributed by atoms with Crippen LogP contribution in [0.3, 0.4) is 0 Å². The van der Waals surface area contributed by atoms with Gasteiger partial charge in [-0.05, 0) is 21.9 Å². The van der Waals surface area contributed by atoms with Crippen molar-refractivity contribution in [1.82, 2.24) is 5.32 Å². The Labute approximate surface area is 184 Å². The molecule has 154 valence electrons. The van der Waals surface area contributed by atoms with Gasteiger partial charge in [-0.25, -0.2) is 0 Å². The fourth-order valence-electron chi connectivity index (χ4n) is 3.82. The highest BCUT2D eigenvalue weighted by molar-refractivity contribution is 8.02. The largest absolute Gasteiger partial charge is 0.468 e. The number of nitriles is 1. The minimum atomic E-state index is -1.10. The lowest BCUT2D eigenvalue weighted by Crippen LogP contribution is -2.44. The lowest BCUT2D eigenvalue weighted by Gasteiger charge is -2.31. The van der Waals surface area contributed by atoms with Gasteiger partial charge in [0.25, 0.3) is 0 Å². The van der Waals surface area contributed by atoms with E-state index in [0.29, 0.717) is 16.4 Å². The first-order chi connectivity index (χ1) is 15.1. The van der Waals surface area contributed by atoms with Gasteiger partial charge in [0.1, 0.15) is 5.92 Å². The van der Waals surface area contributed by atoms with Gasteiger partial charge in [-0.3, -0.25) is 9.59 Å². The lowest BCUT2D eigenvalue weighted by molar-refractivity contribution is -0.150. The molecule has 3 aromatic carbocycles. The number of esters is 1. The van der Waals surface area contributed by atoms with Gasteiger partial charge in [-0.1, -0.05) is 72.8 Å². The van der Waals surface area contributed by atoms with Gasteiger partial charge >= 0.3 is 5.97 Å². The molecule has 0 unspecified atom stereocenters. The molecule has 2 atom stereocenters. The predicted octanol–water partition coefficient (Wildman–Crippen LogP) is 4.51. The van der Waals surface area contributed by atoms with E-state index in [-0.39, 0.29) is 0 Å². The fraction of sp³-hybridized carbons (Fsp3) is 0.160. The average Bonchev–Trinajstić information content (AvgIpc) is 2.82. The molecule has 0 saturated heterocycles. The van der Waals surface area contributed by atoms with Crippen molar-refractivity contribution in [2.24, 2.45) is 5.92 Å². The number of fused-ring (bicyclic) bond motifs is 1. The highest BCUT2D eigenvalue weighted by Crippen LogP contribution is 2.40. The topological polar surface area (TPSA) is 79.2 Å². The zero-order chi connectivity index (χ0) is 21.8. The van der Waals surface area contributed by atoms with Crippen LogP contribution in [-0.2, 0) is 20.1 Å². The zero-order valence-corrected chi connectivity index (χ0v) is 17.7. The van der Waals surface area contributed by atoms with Crippen LogP contribution < -0.4 is 5.32 Å². The van der Waals surface area contributed by atoms with Crippen LogP contribution in [0, 0.1) is 17.2 Å².